The molecule has 39 heavy (non-hydrogen) atoms. The van der Waals surface area contributed by atoms with E-state index in [0.29, 0.717) is 34.4 Å². The van der Waals surface area contributed by atoms with Crippen molar-refractivity contribution >= 4 is 35.2 Å². The molecule has 0 aliphatic rings. The first-order valence-electron chi connectivity index (χ1n) is 11.7. The first-order chi connectivity index (χ1) is 18.4. The molecule has 1 amide bonds. The summed E-state index contributed by atoms with van der Waals surface area (Å²) in [6.45, 7) is 5.62. The Hall–Kier alpha value is -4.83. The molecule has 0 saturated heterocycles. The molecule has 5 rings (SSSR count). The average molecular weight is 546 g/mol. The van der Waals surface area contributed by atoms with E-state index in [2.05, 4.69) is 31.8 Å². The highest BCUT2D eigenvalue weighted by Gasteiger charge is 2.23. The molecule has 3 aromatic heterocycles. The minimum atomic E-state index is -0.584. The van der Waals surface area contributed by atoms with Crippen LogP contribution in [0.2, 0.25) is 0 Å². The molecule has 2 aromatic carbocycles. The van der Waals surface area contributed by atoms with Gasteiger partial charge in [-0.1, -0.05) is 36.9 Å². The van der Waals surface area contributed by atoms with Crippen molar-refractivity contribution in [3.05, 3.63) is 90.8 Å². The lowest BCUT2D eigenvalue weighted by Gasteiger charge is -2.11. The van der Waals surface area contributed by atoms with E-state index >= 15 is 4.39 Å². The fourth-order valence-electron chi connectivity index (χ4n) is 4.25. The maximum Gasteiger partial charge on any atom is 0.322 e. The summed E-state index contributed by atoms with van der Waals surface area (Å²) < 4.78 is 22.8. The van der Waals surface area contributed by atoms with Crippen molar-refractivity contribution in [1.29, 1.82) is 0 Å². The zero-order chi connectivity index (χ0) is 26.8. The van der Waals surface area contributed by atoms with Gasteiger partial charge in [-0.3, -0.25) is 4.79 Å². The van der Waals surface area contributed by atoms with Crippen molar-refractivity contribution in [2.45, 2.75) is 13.5 Å². The lowest BCUT2D eigenvalue weighted by atomic mass is 9.98. The molecule has 0 aliphatic carbocycles. The van der Waals surface area contributed by atoms with E-state index in [4.69, 9.17) is 10.5 Å². The Bertz CT molecular complexity index is 1690. The van der Waals surface area contributed by atoms with E-state index in [9.17, 15) is 4.79 Å². The van der Waals surface area contributed by atoms with Crippen LogP contribution in [-0.2, 0) is 18.4 Å². The van der Waals surface area contributed by atoms with E-state index in [-0.39, 0.29) is 35.9 Å². The van der Waals surface area contributed by atoms with Crippen molar-refractivity contribution in [3.8, 4) is 34.1 Å². The average Bonchev–Trinajstić information content (AvgIpc) is 3.22. The van der Waals surface area contributed by atoms with Crippen LogP contribution in [0.25, 0.3) is 33.4 Å². The molecule has 0 aliphatic heterocycles. The van der Waals surface area contributed by atoms with E-state index in [0.717, 1.165) is 16.8 Å². The van der Waals surface area contributed by atoms with Crippen molar-refractivity contribution in [2.24, 2.45) is 7.05 Å². The molecule has 198 valence electrons. The summed E-state index contributed by atoms with van der Waals surface area (Å²) in [6.07, 6.45) is 4.18. The summed E-state index contributed by atoms with van der Waals surface area (Å²) in [5.74, 6) is -0.553. The summed E-state index contributed by atoms with van der Waals surface area (Å²) in [5, 5.41) is 3.37. The molecule has 3 heterocycles. The van der Waals surface area contributed by atoms with E-state index in [1.807, 2.05) is 35.9 Å². The number of hydrogen-bond acceptors (Lipinski definition) is 7. The normalized spacial score (nSPS) is 10.6. The summed E-state index contributed by atoms with van der Waals surface area (Å²) in [6, 6.07) is 14.1. The van der Waals surface area contributed by atoms with Crippen LogP contribution in [0.5, 0.6) is 11.8 Å². The van der Waals surface area contributed by atoms with E-state index < -0.39 is 5.82 Å². The summed E-state index contributed by atoms with van der Waals surface area (Å²) >= 11 is 0. The number of nitrogen functional groups attached to an aromatic ring is 1. The van der Waals surface area contributed by atoms with Gasteiger partial charge in [-0.2, -0.15) is 0 Å². The first-order valence-corrected chi connectivity index (χ1v) is 11.7. The van der Waals surface area contributed by atoms with Gasteiger partial charge in [0, 0.05) is 31.0 Å². The van der Waals surface area contributed by atoms with Crippen LogP contribution >= 0.6 is 12.4 Å². The van der Waals surface area contributed by atoms with Crippen LogP contribution in [0.4, 0.5) is 10.2 Å². The topological polar surface area (TPSA) is 121 Å². The Morgan fingerprint density at radius 3 is 2.56 bits per heavy atom. The highest BCUT2D eigenvalue weighted by Crippen LogP contribution is 2.42. The van der Waals surface area contributed by atoms with Gasteiger partial charge in [-0.15, -0.1) is 12.4 Å². The van der Waals surface area contributed by atoms with E-state index in [1.165, 1.54) is 24.5 Å². The number of hydrogen-bond donors (Lipinski definition) is 2. The second-order valence-corrected chi connectivity index (χ2v) is 8.59. The molecule has 0 fully saturated rings. The molecule has 5 aromatic rings. The number of nitrogens with zero attached hydrogens (tertiary/aromatic N) is 5. The summed E-state index contributed by atoms with van der Waals surface area (Å²) in [4.78, 5) is 28.3. The van der Waals surface area contributed by atoms with Gasteiger partial charge in [-0.05, 0) is 47.9 Å². The standard InChI is InChI=1S/C28H24FN7O2.ClH/c1-4-22(37)32-14-17-5-7-18(8-6-17)25-23(24-26(30)33-15-34-27(24)36(25)3)19-9-10-21(20(29)13-19)38-28-31-12-11-16(2)35-28;/h4-13,15H,1,14H2,2-3H3,(H,32,37)(H2,30,33,34);1H. The van der Waals surface area contributed by atoms with Crippen LogP contribution in [0.1, 0.15) is 11.3 Å². The number of benzene rings is 2. The minimum Gasteiger partial charge on any atom is -0.421 e. The molecule has 0 bridgehead atoms. The number of halogens is 2. The number of aryl methyl sites for hydroxylation is 2. The lowest BCUT2D eigenvalue weighted by Crippen LogP contribution is -2.19. The molecule has 11 heteroatoms. The Balaban J connectivity index is 0.00000353. The Morgan fingerprint density at radius 2 is 1.87 bits per heavy atom. The molecule has 9 nitrogen and oxygen atoms in total. The molecule has 0 spiro atoms. The second kappa shape index (κ2) is 11.3. The predicted octanol–water partition coefficient (Wildman–Crippen LogP) is 5.14. The molecule has 0 atom stereocenters. The van der Waals surface area contributed by atoms with Gasteiger partial charge in [0.15, 0.2) is 11.6 Å². The highest BCUT2D eigenvalue weighted by molar-refractivity contribution is 6.07. The van der Waals surface area contributed by atoms with Gasteiger partial charge < -0.3 is 20.4 Å². The fraction of sp³-hybridized carbons (Fsp3) is 0.107. The Morgan fingerprint density at radius 1 is 1.13 bits per heavy atom. The maximum atomic E-state index is 15.3. The smallest absolute Gasteiger partial charge is 0.322 e. The van der Waals surface area contributed by atoms with E-state index in [1.54, 1.807) is 25.3 Å². The minimum absolute atomic E-state index is 0. The third-order valence-electron chi connectivity index (χ3n) is 6.07. The number of fused-ring (bicyclic) bond motifs is 1. The van der Waals surface area contributed by atoms with Crippen LogP contribution in [0, 0.1) is 12.7 Å². The third kappa shape index (κ3) is 5.41. The predicted molar refractivity (Wildman–Crippen MR) is 150 cm³/mol. The van der Waals surface area contributed by atoms with Crippen LogP contribution in [0.3, 0.4) is 0 Å². The Labute approximate surface area is 230 Å². The summed E-state index contributed by atoms with van der Waals surface area (Å²) in [7, 11) is 1.87. The first kappa shape index (κ1) is 27.2. The third-order valence-corrected chi connectivity index (χ3v) is 6.07. The van der Waals surface area contributed by atoms with Crippen molar-refractivity contribution < 1.29 is 13.9 Å². The molecule has 3 N–H and O–H groups in total. The molecular formula is C28H25ClFN7O2. The van der Waals surface area contributed by atoms with Gasteiger partial charge in [-0.25, -0.2) is 24.3 Å². The molecule has 0 unspecified atom stereocenters. The van der Waals surface area contributed by atoms with Gasteiger partial charge >= 0.3 is 6.01 Å². The summed E-state index contributed by atoms with van der Waals surface area (Å²) in [5.41, 5.74) is 11.4. The fourth-order valence-corrected chi connectivity index (χ4v) is 4.25. The number of ether oxygens (including phenoxy) is 1. The largest absolute Gasteiger partial charge is 0.421 e. The van der Waals surface area contributed by atoms with Crippen LogP contribution in [-0.4, -0.2) is 30.4 Å². The molecule has 0 saturated carbocycles. The number of amides is 1. The van der Waals surface area contributed by atoms with Gasteiger partial charge in [0.25, 0.3) is 0 Å². The number of rotatable bonds is 7. The van der Waals surface area contributed by atoms with Crippen molar-refractivity contribution in [1.82, 2.24) is 29.8 Å². The van der Waals surface area contributed by atoms with Crippen LogP contribution in [0.15, 0.2) is 73.7 Å². The second-order valence-electron chi connectivity index (χ2n) is 8.59. The van der Waals surface area contributed by atoms with Crippen molar-refractivity contribution in [2.75, 3.05) is 5.73 Å². The Kier molecular flexibility index (Phi) is 7.87. The number of carbonyl (C=O) groups excluding carboxylic acids is 1. The zero-order valence-electron chi connectivity index (χ0n) is 21.2. The number of nitrogens with one attached hydrogen (secondary N) is 1. The highest BCUT2D eigenvalue weighted by atomic mass is 35.5. The van der Waals surface area contributed by atoms with Crippen molar-refractivity contribution in [3.63, 3.8) is 0 Å². The van der Waals surface area contributed by atoms with Gasteiger partial charge in [0.2, 0.25) is 5.91 Å². The molecular weight excluding hydrogens is 521 g/mol. The number of carbonyl (C=O) groups is 1. The SMILES string of the molecule is C=CC(=O)NCc1ccc(-c2c(-c3ccc(Oc4nccc(C)n4)c(F)c3)c3c(N)ncnc3n2C)cc1.Cl. The zero-order valence-corrected chi connectivity index (χ0v) is 22.0. The quantitative estimate of drug-likeness (QED) is 0.272. The number of nitrogens with two attached hydrogens (primary N) is 1. The van der Waals surface area contributed by atoms with Crippen LogP contribution < -0.4 is 15.8 Å². The monoisotopic (exact) mass is 545 g/mol. The molecule has 0 radical (unpaired) electrons. The van der Waals surface area contributed by atoms with Gasteiger partial charge in [0.1, 0.15) is 17.8 Å². The number of aromatic nitrogens is 5. The lowest BCUT2D eigenvalue weighted by molar-refractivity contribution is -0.116. The maximum absolute atomic E-state index is 15.3. The van der Waals surface area contributed by atoms with Gasteiger partial charge in [0.05, 0.1) is 11.1 Å². The number of anilines is 1.